The fraction of sp³-hybridized carbons (Fsp3) is 0.125. The summed E-state index contributed by atoms with van der Waals surface area (Å²) in [6.07, 6.45) is 1.54. The van der Waals surface area contributed by atoms with Crippen LogP contribution in [0.5, 0.6) is 5.75 Å². The van der Waals surface area contributed by atoms with Crippen molar-refractivity contribution in [1.82, 2.24) is 4.98 Å². The molecule has 0 amide bonds. The van der Waals surface area contributed by atoms with Crippen molar-refractivity contribution in [3.05, 3.63) is 78.7 Å². The summed E-state index contributed by atoms with van der Waals surface area (Å²) in [6.45, 7) is 1.59. The largest absolute Gasteiger partial charge is 0.495 e. The highest BCUT2D eigenvalue weighted by molar-refractivity contribution is 7.91. The molecule has 0 unspecified atom stereocenters. The summed E-state index contributed by atoms with van der Waals surface area (Å²) in [5.41, 5.74) is 2.34. The zero-order valence-corrected chi connectivity index (χ0v) is 18.3. The number of aromatic nitrogens is 1. The van der Waals surface area contributed by atoms with Crippen LogP contribution in [-0.2, 0) is 9.84 Å². The molecule has 6 nitrogen and oxygen atoms in total. The number of hydrogen-bond donors (Lipinski definition) is 1. The Bertz CT molecular complexity index is 1370. The normalized spacial score (nSPS) is 11.3. The molecule has 0 spiro atoms. The Hall–Kier alpha value is -3.65. The minimum absolute atomic E-state index is 0.0136. The first-order valence-corrected chi connectivity index (χ1v) is 11.6. The molecule has 0 aliphatic rings. The van der Waals surface area contributed by atoms with Crippen molar-refractivity contribution in [1.29, 1.82) is 0 Å². The molecule has 1 aromatic heterocycles. The first kappa shape index (κ1) is 21.6. The van der Waals surface area contributed by atoms with Crippen molar-refractivity contribution in [2.45, 2.75) is 11.8 Å². The van der Waals surface area contributed by atoms with Crippen LogP contribution in [0.25, 0.3) is 22.5 Å². The van der Waals surface area contributed by atoms with Gasteiger partial charge in [0, 0.05) is 11.1 Å². The second-order valence-corrected chi connectivity index (χ2v) is 9.26. The van der Waals surface area contributed by atoms with E-state index in [4.69, 9.17) is 9.15 Å². The standard InChI is InChI=1S/C24H21FN2O4S/c1-3-32(28,29)18-11-12-22(30-2)21(14-18)27-24-26-15-23(31-24)17-8-6-7-16(13-17)19-9-4-5-10-20(19)25/h4-15H,3H2,1-2H3,(H,26,27). The third-order valence-electron chi connectivity index (χ3n) is 4.99. The Morgan fingerprint density at radius 2 is 1.81 bits per heavy atom. The molecule has 1 heterocycles. The Balaban J connectivity index is 1.64. The van der Waals surface area contributed by atoms with E-state index in [2.05, 4.69) is 10.3 Å². The van der Waals surface area contributed by atoms with Gasteiger partial charge >= 0.3 is 0 Å². The van der Waals surface area contributed by atoms with E-state index in [1.165, 1.54) is 25.3 Å². The fourth-order valence-electron chi connectivity index (χ4n) is 3.26. The number of ether oxygens (including phenoxy) is 1. The SMILES string of the molecule is CCS(=O)(=O)c1ccc(OC)c(Nc2ncc(-c3cccc(-c4ccccc4F)c3)o2)c1. The molecular weight excluding hydrogens is 431 g/mol. The third kappa shape index (κ3) is 4.36. The van der Waals surface area contributed by atoms with E-state index >= 15 is 0 Å². The Labute approximate surface area is 185 Å². The molecule has 0 atom stereocenters. The van der Waals surface area contributed by atoms with Gasteiger partial charge in [-0.15, -0.1) is 0 Å². The molecule has 0 saturated carbocycles. The van der Waals surface area contributed by atoms with Gasteiger partial charge in [-0.25, -0.2) is 17.8 Å². The lowest BCUT2D eigenvalue weighted by Gasteiger charge is -2.11. The first-order chi connectivity index (χ1) is 15.4. The van der Waals surface area contributed by atoms with Crippen LogP contribution < -0.4 is 10.1 Å². The average Bonchev–Trinajstić information content (AvgIpc) is 3.28. The zero-order valence-electron chi connectivity index (χ0n) is 17.5. The maximum absolute atomic E-state index is 14.2. The highest BCUT2D eigenvalue weighted by Gasteiger charge is 2.16. The number of nitrogens with zero attached hydrogens (tertiary/aromatic N) is 1. The minimum Gasteiger partial charge on any atom is -0.495 e. The van der Waals surface area contributed by atoms with Gasteiger partial charge in [-0.3, -0.25) is 0 Å². The van der Waals surface area contributed by atoms with E-state index in [1.807, 2.05) is 24.3 Å². The fourth-order valence-corrected chi connectivity index (χ4v) is 4.17. The summed E-state index contributed by atoms with van der Waals surface area (Å²) in [6, 6.07) is 18.6. The molecule has 4 aromatic rings. The number of hydrogen-bond acceptors (Lipinski definition) is 6. The number of nitrogens with one attached hydrogen (secondary N) is 1. The van der Waals surface area contributed by atoms with Crippen molar-refractivity contribution in [2.75, 3.05) is 18.2 Å². The zero-order chi connectivity index (χ0) is 22.7. The van der Waals surface area contributed by atoms with Crippen LogP contribution in [0.1, 0.15) is 6.92 Å². The summed E-state index contributed by atoms with van der Waals surface area (Å²) in [5, 5.41) is 2.98. The molecule has 0 bridgehead atoms. The minimum atomic E-state index is -3.39. The summed E-state index contributed by atoms with van der Waals surface area (Å²) < 4.78 is 49.8. The third-order valence-corrected chi connectivity index (χ3v) is 6.72. The molecule has 0 aliphatic heterocycles. The van der Waals surface area contributed by atoms with Crippen molar-refractivity contribution >= 4 is 21.5 Å². The number of anilines is 2. The molecule has 0 aliphatic carbocycles. The molecule has 8 heteroatoms. The highest BCUT2D eigenvalue weighted by Crippen LogP contribution is 2.33. The number of halogens is 1. The predicted octanol–water partition coefficient (Wildman–Crippen LogP) is 5.69. The number of rotatable bonds is 7. The van der Waals surface area contributed by atoms with Gasteiger partial charge in [0.15, 0.2) is 15.6 Å². The van der Waals surface area contributed by atoms with Gasteiger partial charge in [0.25, 0.3) is 6.01 Å². The lowest BCUT2D eigenvalue weighted by molar-refractivity contribution is 0.416. The van der Waals surface area contributed by atoms with Gasteiger partial charge in [0.2, 0.25) is 0 Å². The smallest absolute Gasteiger partial charge is 0.299 e. The van der Waals surface area contributed by atoms with Gasteiger partial charge in [0.1, 0.15) is 11.6 Å². The quantitative estimate of drug-likeness (QED) is 0.388. The molecule has 32 heavy (non-hydrogen) atoms. The van der Waals surface area contributed by atoms with E-state index in [0.717, 1.165) is 5.56 Å². The molecule has 3 aromatic carbocycles. The molecule has 0 fully saturated rings. The maximum Gasteiger partial charge on any atom is 0.299 e. The molecule has 4 rings (SSSR count). The lowest BCUT2D eigenvalue weighted by atomic mass is 10.0. The molecule has 164 valence electrons. The molecule has 1 N–H and O–H groups in total. The molecular formula is C24H21FN2O4S. The van der Waals surface area contributed by atoms with Crippen molar-refractivity contribution < 1.29 is 22.0 Å². The van der Waals surface area contributed by atoms with Crippen molar-refractivity contribution in [3.8, 4) is 28.2 Å². The van der Waals surface area contributed by atoms with Crippen LogP contribution >= 0.6 is 0 Å². The molecule has 0 radical (unpaired) electrons. The summed E-state index contributed by atoms with van der Waals surface area (Å²) in [5.74, 6) is 0.599. The number of benzene rings is 3. The Morgan fingerprint density at radius 3 is 2.56 bits per heavy atom. The van der Waals surface area contributed by atoms with Gasteiger partial charge in [-0.05, 0) is 35.9 Å². The Kier molecular flexibility index (Phi) is 5.96. The maximum atomic E-state index is 14.2. The molecule has 0 saturated heterocycles. The second-order valence-electron chi connectivity index (χ2n) is 6.98. The van der Waals surface area contributed by atoms with Crippen LogP contribution in [0.15, 0.2) is 82.2 Å². The topological polar surface area (TPSA) is 81.4 Å². The van der Waals surface area contributed by atoms with Crippen LogP contribution in [0.2, 0.25) is 0 Å². The second kappa shape index (κ2) is 8.84. The van der Waals surface area contributed by atoms with Gasteiger partial charge in [0.05, 0.1) is 29.6 Å². The summed E-state index contributed by atoms with van der Waals surface area (Å²) in [4.78, 5) is 4.41. The number of sulfone groups is 1. The van der Waals surface area contributed by atoms with E-state index < -0.39 is 9.84 Å². The van der Waals surface area contributed by atoms with Gasteiger partial charge < -0.3 is 14.5 Å². The predicted molar refractivity (Wildman–Crippen MR) is 121 cm³/mol. The van der Waals surface area contributed by atoms with Crippen molar-refractivity contribution in [2.24, 2.45) is 0 Å². The summed E-state index contributed by atoms with van der Waals surface area (Å²) >= 11 is 0. The van der Waals surface area contributed by atoms with E-state index in [0.29, 0.717) is 28.3 Å². The van der Waals surface area contributed by atoms with Crippen LogP contribution in [0.3, 0.4) is 0 Å². The van der Waals surface area contributed by atoms with E-state index in [9.17, 15) is 12.8 Å². The first-order valence-electron chi connectivity index (χ1n) is 9.90. The van der Waals surface area contributed by atoms with Crippen LogP contribution in [0, 0.1) is 5.82 Å². The highest BCUT2D eigenvalue weighted by atomic mass is 32.2. The monoisotopic (exact) mass is 452 g/mol. The average molecular weight is 453 g/mol. The van der Waals surface area contributed by atoms with Gasteiger partial charge in [-0.2, -0.15) is 0 Å². The van der Waals surface area contributed by atoms with Crippen molar-refractivity contribution in [3.63, 3.8) is 0 Å². The van der Waals surface area contributed by atoms with E-state index in [1.54, 1.807) is 37.4 Å². The summed E-state index contributed by atoms with van der Waals surface area (Å²) in [7, 11) is -1.90. The van der Waals surface area contributed by atoms with Gasteiger partial charge in [-0.1, -0.05) is 43.3 Å². The van der Waals surface area contributed by atoms with Crippen LogP contribution in [0.4, 0.5) is 16.1 Å². The number of methoxy groups -OCH3 is 1. The van der Waals surface area contributed by atoms with E-state index in [-0.39, 0.29) is 22.5 Å². The van der Waals surface area contributed by atoms with Crippen LogP contribution in [-0.4, -0.2) is 26.3 Å². The Morgan fingerprint density at radius 1 is 1.03 bits per heavy atom. The number of oxazole rings is 1. The lowest BCUT2D eigenvalue weighted by Crippen LogP contribution is -2.05.